The zero-order chi connectivity index (χ0) is 9.23. The Morgan fingerprint density at radius 2 is 1.64 bits per heavy atom. The lowest BCUT2D eigenvalue weighted by Crippen LogP contribution is -2.22. The first kappa shape index (κ1) is 11.3. The summed E-state index contributed by atoms with van der Waals surface area (Å²) < 4.78 is 0.363. The van der Waals surface area contributed by atoms with Crippen molar-refractivity contribution in [1.29, 1.82) is 0 Å². The highest BCUT2D eigenvalue weighted by Crippen LogP contribution is 2.20. The van der Waals surface area contributed by atoms with Crippen LogP contribution in [-0.2, 0) is 4.79 Å². The minimum Gasteiger partial charge on any atom is -0.295 e. The summed E-state index contributed by atoms with van der Waals surface area (Å²) in [5.74, 6) is -0.107. The summed E-state index contributed by atoms with van der Waals surface area (Å²) in [5, 5.41) is 0. The quantitative estimate of drug-likeness (QED) is 0.396. The fourth-order valence-corrected chi connectivity index (χ4v) is 0.757. The van der Waals surface area contributed by atoms with E-state index in [4.69, 9.17) is 15.7 Å². The Hall–Kier alpha value is 0.270. The van der Waals surface area contributed by atoms with E-state index in [0.29, 0.717) is 3.48 Å². The molecule has 0 spiro atoms. The lowest BCUT2D eigenvalue weighted by atomic mass is 9.76. The highest BCUT2D eigenvalue weighted by Gasteiger charge is 2.22. The van der Waals surface area contributed by atoms with Crippen molar-refractivity contribution in [1.82, 2.24) is 0 Å². The van der Waals surface area contributed by atoms with Gasteiger partial charge in [-0.25, -0.2) is 0 Å². The van der Waals surface area contributed by atoms with Crippen molar-refractivity contribution < 1.29 is 4.79 Å². The minimum atomic E-state index is -0.445. The molecule has 0 heterocycles. The molecule has 0 unspecified atom stereocenters. The van der Waals surface area contributed by atoms with Crippen LogP contribution < -0.4 is 0 Å². The van der Waals surface area contributed by atoms with Gasteiger partial charge in [-0.2, -0.15) is 0 Å². The number of hydrogen-bond acceptors (Lipinski definition) is 1. The normalized spacial score (nSPS) is 14.2. The molecule has 0 aromatic carbocycles. The van der Waals surface area contributed by atoms with Crippen LogP contribution in [0.25, 0.3) is 0 Å². The van der Waals surface area contributed by atoms with Crippen molar-refractivity contribution in [2.75, 3.05) is 0 Å². The first-order valence-corrected chi connectivity index (χ1v) is 4.30. The average molecular weight is 258 g/mol. The number of hydrogen-bond donors (Lipinski definition) is 0. The Balaban J connectivity index is 4.67. The van der Waals surface area contributed by atoms with Crippen molar-refractivity contribution in [3.8, 4) is 0 Å². The third-order valence-electron chi connectivity index (χ3n) is 1.18. The number of Topliss-reactive ketones (excluding diaryl/α,β-unsaturated/α-hetero) is 1. The number of ketones is 1. The van der Waals surface area contributed by atoms with Gasteiger partial charge in [0, 0.05) is 5.41 Å². The summed E-state index contributed by atoms with van der Waals surface area (Å²) >= 11 is 1.84. The maximum absolute atomic E-state index is 11.3. The average Bonchev–Trinajstić information content (AvgIpc) is 1.82. The van der Waals surface area contributed by atoms with Crippen LogP contribution in [0.15, 0.2) is 8.95 Å². The summed E-state index contributed by atoms with van der Waals surface area (Å²) in [6, 6.07) is 0. The second-order valence-corrected chi connectivity index (χ2v) is 4.50. The molecule has 56 valence electrons. The molecular formula is C7H9B2IO. The number of carbonyl (C=O) groups is 1. The van der Waals surface area contributed by atoms with Gasteiger partial charge in [0.2, 0.25) is 0 Å². The summed E-state index contributed by atoms with van der Waals surface area (Å²) in [7, 11) is 10.8. The van der Waals surface area contributed by atoms with Gasteiger partial charge in [-0.3, -0.25) is 4.79 Å². The smallest absolute Gasteiger partial charge is 0.153 e. The van der Waals surface area contributed by atoms with Crippen LogP contribution >= 0.6 is 22.6 Å². The van der Waals surface area contributed by atoms with Crippen molar-refractivity contribution in [2.24, 2.45) is 5.41 Å². The molecule has 4 heteroatoms. The van der Waals surface area contributed by atoms with Crippen LogP contribution in [0, 0.1) is 5.41 Å². The molecule has 0 rings (SSSR count). The third-order valence-corrected chi connectivity index (χ3v) is 1.76. The predicted molar refractivity (Wildman–Crippen MR) is 57.0 cm³/mol. The highest BCUT2D eigenvalue weighted by atomic mass is 127. The number of halogens is 1. The van der Waals surface area contributed by atoms with Gasteiger partial charge < -0.3 is 0 Å². The molecule has 0 amide bonds. The molecule has 4 radical (unpaired) electrons. The summed E-state index contributed by atoms with van der Waals surface area (Å²) in [4.78, 5) is 11.3. The molecule has 0 N–H and O–H groups in total. The number of rotatable bonds is 1. The van der Waals surface area contributed by atoms with Crippen LogP contribution in [0.4, 0.5) is 0 Å². The van der Waals surface area contributed by atoms with Gasteiger partial charge in [-0.15, -0.1) is 0 Å². The molecule has 0 fully saturated rings. The molecule has 0 bridgehead atoms. The van der Waals surface area contributed by atoms with E-state index in [1.165, 1.54) is 0 Å². The van der Waals surface area contributed by atoms with Crippen LogP contribution in [0.2, 0.25) is 0 Å². The van der Waals surface area contributed by atoms with E-state index in [-0.39, 0.29) is 11.3 Å². The molecular weight excluding hydrogens is 249 g/mol. The molecule has 1 nitrogen and oxygen atoms in total. The summed E-state index contributed by atoms with van der Waals surface area (Å²) in [6.45, 7) is 5.42. The highest BCUT2D eigenvalue weighted by molar-refractivity contribution is 14.1. The zero-order valence-electron chi connectivity index (χ0n) is 6.94. The van der Waals surface area contributed by atoms with Crippen LogP contribution in [0.3, 0.4) is 0 Å². The molecule has 0 atom stereocenters. The zero-order valence-corrected chi connectivity index (χ0v) is 9.10. The fourth-order valence-electron chi connectivity index (χ4n) is 0.512. The standard InChI is InChI=1S/C7H9B2IO/c1-7(2,3)5(11)4(8)6(9)10/h1-3H3/b6-4+. The summed E-state index contributed by atoms with van der Waals surface area (Å²) in [5.41, 5.74) is -0.280. The lowest BCUT2D eigenvalue weighted by molar-refractivity contribution is -0.121. The minimum absolute atomic E-state index is 0.107. The van der Waals surface area contributed by atoms with Gasteiger partial charge in [0.25, 0.3) is 0 Å². The van der Waals surface area contributed by atoms with E-state index in [2.05, 4.69) is 0 Å². The number of allylic oxidation sites excluding steroid dienone is 1. The Labute approximate surface area is 84.0 Å². The van der Waals surface area contributed by atoms with Gasteiger partial charge in [0.15, 0.2) is 5.78 Å². The molecule has 0 aliphatic rings. The first-order chi connectivity index (χ1) is 4.76. The maximum atomic E-state index is 11.3. The van der Waals surface area contributed by atoms with Gasteiger partial charge in [-0.05, 0) is 0 Å². The van der Waals surface area contributed by atoms with Crippen LogP contribution in [0.5, 0.6) is 0 Å². The molecule has 0 aromatic rings. The van der Waals surface area contributed by atoms with E-state index >= 15 is 0 Å². The molecule has 0 aromatic heterocycles. The van der Waals surface area contributed by atoms with E-state index in [9.17, 15) is 4.79 Å². The lowest BCUT2D eigenvalue weighted by Gasteiger charge is -2.17. The Morgan fingerprint density at radius 1 is 1.27 bits per heavy atom. The first-order valence-electron chi connectivity index (χ1n) is 3.22. The van der Waals surface area contributed by atoms with Crippen LogP contribution in [-0.4, -0.2) is 21.5 Å². The summed E-state index contributed by atoms with van der Waals surface area (Å²) in [6.07, 6.45) is 0. The molecule has 11 heavy (non-hydrogen) atoms. The van der Waals surface area contributed by atoms with Gasteiger partial charge in [-0.1, -0.05) is 52.3 Å². The predicted octanol–water partition coefficient (Wildman–Crippen LogP) is 1.54. The van der Waals surface area contributed by atoms with Crippen molar-refractivity contribution in [3.05, 3.63) is 8.95 Å². The van der Waals surface area contributed by atoms with E-state index in [1.54, 1.807) is 0 Å². The molecule has 0 aliphatic heterocycles. The van der Waals surface area contributed by atoms with Crippen molar-refractivity contribution in [3.63, 3.8) is 0 Å². The van der Waals surface area contributed by atoms with Crippen molar-refractivity contribution >= 4 is 44.1 Å². The molecule has 0 saturated carbocycles. The van der Waals surface area contributed by atoms with Crippen molar-refractivity contribution in [2.45, 2.75) is 20.8 Å². The second-order valence-electron chi connectivity index (χ2n) is 3.34. The molecule has 0 aliphatic carbocycles. The van der Waals surface area contributed by atoms with Gasteiger partial charge >= 0.3 is 0 Å². The number of carbonyl (C=O) groups excluding carboxylic acids is 1. The molecule has 0 saturated heterocycles. The monoisotopic (exact) mass is 258 g/mol. The Bertz CT molecular complexity index is 199. The largest absolute Gasteiger partial charge is 0.295 e. The van der Waals surface area contributed by atoms with E-state index < -0.39 is 5.41 Å². The van der Waals surface area contributed by atoms with E-state index in [0.717, 1.165) is 0 Å². The van der Waals surface area contributed by atoms with E-state index in [1.807, 2.05) is 43.4 Å². The maximum Gasteiger partial charge on any atom is 0.153 e. The second kappa shape index (κ2) is 3.78. The Morgan fingerprint density at radius 3 is 1.73 bits per heavy atom. The van der Waals surface area contributed by atoms with Gasteiger partial charge in [0.1, 0.15) is 15.7 Å². The Kier molecular flexibility index (Phi) is 3.88. The SMILES string of the molecule is [B]/C(I)=C(\[B])C(=O)C(C)(C)C. The third kappa shape index (κ3) is 3.45. The van der Waals surface area contributed by atoms with Crippen LogP contribution in [0.1, 0.15) is 20.8 Å². The fraction of sp³-hybridized carbons (Fsp3) is 0.571. The topological polar surface area (TPSA) is 17.1 Å². The van der Waals surface area contributed by atoms with Gasteiger partial charge in [0.05, 0.1) is 0 Å².